The molecule has 1 rings (SSSR count). The Balaban J connectivity index is 2.19. The van der Waals surface area contributed by atoms with Gasteiger partial charge in [0, 0.05) is 25.7 Å². The van der Waals surface area contributed by atoms with Crippen LogP contribution in [0.2, 0.25) is 0 Å². The summed E-state index contributed by atoms with van der Waals surface area (Å²) >= 11 is 0. The SMILES string of the molecule is CCCCNC(=O)CN1CCC(N)C(C)C1. The van der Waals surface area contributed by atoms with Crippen molar-refractivity contribution in [2.45, 2.75) is 39.2 Å². The average molecular weight is 227 g/mol. The van der Waals surface area contributed by atoms with Gasteiger partial charge in [-0.25, -0.2) is 0 Å². The molecule has 0 saturated carbocycles. The molecule has 1 aliphatic heterocycles. The fourth-order valence-corrected chi connectivity index (χ4v) is 2.06. The van der Waals surface area contributed by atoms with Gasteiger partial charge in [-0.3, -0.25) is 9.69 Å². The van der Waals surface area contributed by atoms with E-state index in [9.17, 15) is 4.79 Å². The van der Waals surface area contributed by atoms with Crippen LogP contribution in [0.25, 0.3) is 0 Å². The maximum absolute atomic E-state index is 11.6. The molecule has 0 radical (unpaired) electrons. The molecule has 0 bridgehead atoms. The summed E-state index contributed by atoms with van der Waals surface area (Å²) in [5, 5.41) is 2.95. The molecule has 1 heterocycles. The molecule has 1 fully saturated rings. The largest absolute Gasteiger partial charge is 0.355 e. The van der Waals surface area contributed by atoms with E-state index in [-0.39, 0.29) is 5.91 Å². The van der Waals surface area contributed by atoms with E-state index in [0.717, 1.165) is 38.9 Å². The van der Waals surface area contributed by atoms with E-state index in [4.69, 9.17) is 5.73 Å². The minimum atomic E-state index is 0.149. The number of nitrogens with one attached hydrogen (secondary N) is 1. The van der Waals surface area contributed by atoms with E-state index in [1.807, 2.05) is 0 Å². The highest BCUT2D eigenvalue weighted by Crippen LogP contribution is 2.14. The molecule has 1 saturated heterocycles. The highest BCUT2D eigenvalue weighted by Gasteiger charge is 2.23. The molecule has 94 valence electrons. The van der Waals surface area contributed by atoms with Crippen LogP contribution in [0.15, 0.2) is 0 Å². The second-order valence-corrected chi connectivity index (χ2v) is 4.87. The molecule has 4 heteroatoms. The molecule has 0 aliphatic carbocycles. The zero-order valence-corrected chi connectivity index (χ0v) is 10.5. The van der Waals surface area contributed by atoms with Gasteiger partial charge in [0.15, 0.2) is 0 Å². The van der Waals surface area contributed by atoms with Gasteiger partial charge in [-0.15, -0.1) is 0 Å². The molecule has 2 atom stereocenters. The lowest BCUT2D eigenvalue weighted by atomic mass is 9.95. The number of amides is 1. The fraction of sp³-hybridized carbons (Fsp3) is 0.917. The summed E-state index contributed by atoms with van der Waals surface area (Å²) in [6, 6.07) is 0.305. The number of likely N-dealkylation sites (tertiary alicyclic amines) is 1. The third kappa shape index (κ3) is 4.49. The van der Waals surface area contributed by atoms with Gasteiger partial charge in [0.2, 0.25) is 5.91 Å². The van der Waals surface area contributed by atoms with Crippen LogP contribution < -0.4 is 11.1 Å². The summed E-state index contributed by atoms with van der Waals surface area (Å²) in [5.41, 5.74) is 5.94. The third-order valence-corrected chi connectivity index (χ3v) is 3.28. The first-order valence-electron chi connectivity index (χ1n) is 6.38. The molecule has 0 aromatic rings. The van der Waals surface area contributed by atoms with Crippen molar-refractivity contribution < 1.29 is 4.79 Å². The van der Waals surface area contributed by atoms with E-state index >= 15 is 0 Å². The molecular formula is C12H25N3O. The Morgan fingerprint density at radius 2 is 2.31 bits per heavy atom. The van der Waals surface area contributed by atoms with E-state index < -0.39 is 0 Å². The van der Waals surface area contributed by atoms with Gasteiger partial charge in [0.25, 0.3) is 0 Å². The van der Waals surface area contributed by atoms with E-state index in [2.05, 4.69) is 24.1 Å². The Morgan fingerprint density at radius 1 is 1.56 bits per heavy atom. The van der Waals surface area contributed by atoms with Gasteiger partial charge in [-0.2, -0.15) is 0 Å². The van der Waals surface area contributed by atoms with Crippen molar-refractivity contribution in [1.29, 1.82) is 0 Å². The van der Waals surface area contributed by atoms with Crippen molar-refractivity contribution in [3.05, 3.63) is 0 Å². The van der Waals surface area contributed by atoms with Crippen LogP contribution in [0.5, 0.6) is 0 Å². The van der Waals surface area contributed by atoms with Crippen LogP contribution in [-0.2, 0) is 4.79 Å². The predicted molar refractivity (Wildman–Crippen MR) is 66.1 cm³/mol. The Kier molecular flexibility index (Phi) is 5.77. The Bertz CT molecular complexity index is 220. The van der Waals surface area contributed by atoms with Crippen LogP contribution in [-0.4, -0.2) is 43.0 Å². The normalized spacial score (nSPS) is 26.7. The minimum Gasteiger partial charge on any atom is -0.355 e. The lowest BCUT2D eigenvalue weighted by Gasteiger charge is -2.34. The molecule has 4 nitrogen and oxygen atoms in total. The number of nitrogens with two attached hydrogens (primary N) is 1. The van der Waals surface area contributed by atoms with Gasteiger partial charge in [0.05, 0.1) is 6.54 Å². The molecule has 1 aliphatic rings. The molecule has 0 aromatic carbocycles. The highest BCUT2D eigenvalue weighted by molar-refractivity contribution is 5.77. The number of nitrogens with zero attached hydrogens (tertiary/aromatic N) is 1. The number of rotatable bonds is 5. The number of unbranched alkanes of at least 4 members (excludes halogenated alkanes) is 1. The van der Waals surface area contributed by atoms with Crippen molar-refractivity contribution in [2.75, 3.05) is 26.2 Å². The first kappa shape index (κ1) is 13.5. The summed E-state index contributed by atoms with van der Waals surface area (Å²) in [6.45, 7) is 7.51. The van der Waals surface area contributed by atoms with Gasteiger partial charge in [-0.05, 0) is 18.8 Å². The number of piperidine rings is 1. The summed E-state index contributed by atoms with van der Waals surface area (Å²) in [6.07, 6.45) is 3.19. The predicted octanol–water partition coefficient (Wildman–Crippen LogP) is 0.572. The van der Waals surface area contributed by atoms with Crippen molar-refractivity contribution in [1.82, 2.24) is 10.2 Å². The van der Waals surface area contributed by atoms with Crippen LogP contribution >= 0.6 is 0 Å². The first-order chi connectivity index (χ1) is 7.63. The third-order valence-electron chi connectivity index (χ3n) is 3.28. The van der Waals surface area contributed by atoms with Crippen LogP contribution in [0, 0.1) is 5.92 Å². The molecule has 0 aromatic heterocycles. The number of carbonyl (C=O) groups is 1. The number of hydrogen-bond donors (Lipinski definition) is 2. The molecular weight excluding hydrogens is 202 g/mol. The van der Waals surface area contributed by atoms with Crippen LogP contribution in [0.4, 0.5) is 0 Å². The Morgan fingerprint density at radius 3 is 2.94 bits per heavy atom. The monoisotopic (exact) mass is 227 g/mol. The maximum atomic E-state index is 11.6. The van der Waals surface area contributed by atoms with E-state index in [1.54, 1.807) is 0 Å². The standard InChI is InChI=1S/C12H25N3O/c1-3-4-6-14-12(16)9-15-7-5-11(13)10(2)8-15/h10-11H,3-9,13H2,1-2H3,(H,14,16). The van der Waals surface area contributed by atoms with Crippen LogP contribution in [0.3, 0.4) is 0 Å². The molecule has 2 unspecified atom stereocenters. The maximum Gasteiger partial charge on any atom is 0.234 e. The molecule has 3 N–H and O–H groups in total. The fourth-order valence-electron chi connectivity index (χ4n) is 2.06. The summed E-state index contributed by atoms with van der Waals surface area (Å²) in [5.74, 6) is 0.647. The summed E-state index contributed by atoms with van der Waals surface area (Å²) in [4.78, 5) is 13.8. The van der Waals surface area contributed by atoms with Crippen molar-refractivity contribution in [3.8, 4) is 0 Å². The highest BCUT2D eigenvalue weighted by atomic mass is 16.2. The quantitative estimate of drug-likeness (QED) is 0.675. The smallest absolute Gasteiger partial charge is 0.234 e. The summed E-state index contributed by atoms with van der Waals surface area (Å²) < 4.78 is 0. The molecule has 0 spiro atoms. The van der Waals surface area contributed by atoms with Crippen molar-refractivity contribution >= 4 is 5.91 Å². The first-order valence-corrected chi connectivity index (χ1v) is 6.38. The van der Waals surface area contributed by atoms with Gasteiger partial charge < -0.3 is 11.1 Å². The topological polar surface area (TPSA) is 58.4 Å². The Hall–Kier alpha value is -0.610. The van der Waals surface area contributed by atoms with Crippen molar-refractivity contribution in [3.63, 3.8) is 0 Å². The number of carbonyl (C=O) groups excluding carboxylic acids is 1. The average Bonchev–Trinajstić information content (AvgIpc) is 2.24. The van der Waals surface area contributed by atoms with E-state index in [0.29, 0.717) is 18.5 Å². The van der Waals surface area contributed by atoms with Gasteiger partial charge in [0.1, 0.15) is 0 Å². The van der Waals surface area contributed by atoms with Gasteiger partial charge in [-0.1, -0.05) is 20.3 Å². The molecule has 16 heavy (non-hydrogen) atoms. The van der Waals surface area contributed by atoms with Gasteiger partial charge >= 0.3 is 0 Å². The zero-order chi connectivity index (χ0) is 12.0. The number of hydrogen-bond acceptors (Lipinski definition) is 3. The zero-order valence-electron chi connectivity index (χ0n) is 10.5. The minimum absolute atomic E-state index is 0.149. The lowest BCUT2D eigenvalue weighted by molar-refractivity contribution is -0.122. The Labute approximate surface area is 98.6 Å². The molecule has 1 amide bonds. The van der Waals surface area contributed by atoms with Crippen molar-refractivity contribution in [2.24, 2.45) is 11.7 Å². The van der Waals surface area contributed by atoms with E-state index in [1.165, 1.54) is 0 Å². The summed E-state index contributed by atoms with van der Waals surface area (Å²) in [7, 11) is 0. The second-order valence-electron chi connectivity index (χ2n) is 4.87. The second kappa shape index (κ2) is 6.86. The van der Waals surface area contributed by atoms with Crippen LogP contribution in [0.1, 0.15) is 33.1 Å². The lowest BCUT2D eigenvalue weighted by Crippen LogP contribution is -2.49.